The van der Waals surface area contributed by atoms with Crippen LogP contribution in [0.2, 0.25) is 0 Å². The maximum Gasteiger partial charge on any atom is 0.126 e. The van der Waals surface area contributed by atoms with E-state index in [0.717, 1.165) is 18.2 Å². The van der Waals surface area contributed by atoms with Gasteiger partial charge < -0.3 is 5.11 Å². The van der Waals surface area contributed by atoms with E-state index in [1.807, 2.05) is 0 Å². The molecule has 1 unspecified atom stereocenters. The number of hydrogen-bond acceptors (Lipinski definition) is 1. The summed E-state index contributed by atoms with van der Waals surface area (Å²) in [6.45, 7) is 0. The fourth-order valence-electron chi connectivity index (χ4n) is 1.79. The summed E-state index contributed by atoms with van der Waals surface area (Å²) in [7, 11) is 0. The molecule has 0 fully saturated rings. The van der Waals surface area contributed by atoms with E-state index in [1.54, 1.807) is 0 Å². The van der Waals surface area contributed by atoms with E-state index in [4.69, 9.17) is 0 Å². The van der Waals surface area contributed by atoms with Crippen LogP contribution in [0.15, 0.2) is 40.9 Å². The van der Waals surface area contributed by atoms with Gasteiger partial charge >= 0.3 is 0 Å². The van der Waals surface area contributed by atoms with Crippen LogP contribution < -0.4 is 0 Å². The van der Waals surface area contributed by atoms with Crippen LogP contribution in [0.4, 0.5) is 13.2 Å². The number of hydrogen-bond donors (Lipinski definition) is 1. The van der Waals surface area contributed by atoms with Crippen molar-refractivity contribution in [1.29, 1.82) is 0 Å². The van der Waals surface area contributed by atoms with E-state index in [2.05, 4.69) is 15.9 Å². The molecule has 0 spiro atoms. The number of benzene rings is 2. The molecule has 0 aromatic heterocycles. The van der Waals surface area contributed by atoms with Crippen LogP contribution in [0.5, 0.6) is 0 Å². The summed E-state index contributed by atoms with van der Waals surface area (Å²) in [5, 5.41) is 10.0. The Hall–Kier alpha value is -1.33. The molecule has 100 valence electrons. The summed E-state index contributed by atoms with van der Waals surface area (Å²) in [5.74, 6) is -1.60. The van der Waals surface area contributed by atoms with Crippen LogP contribution in [0.25, 0.3) is 0 Å². The van der Waals surface area contributed by atoms with Crippen LogP contribution >= 0.6 is 15.9 Å². The normalized spacial score (nSPS) is 12.5. The monoisotopic (exact) mass is 330 g/mol. The third-order valence-electron chi connectivity index (χ3n) is 2.74. The minimum atomic E-state index is -1.05. The smallest absolute Gasteiger partial charge is 0.126 e. The number of halogens is 4. The van der Waals surface area contributed by atoms with Crippen molar-refractivity contribution in [3.63, 3.8) is 0 Å². The Labute approximate surface area is 116 Å². The van der Waals surface area contributed by atoms with Crippen molar-refractivity contribution in [2.75, 3.05) is 0 Å². The van der Waals surface area contributed by atoms with Crippen LogP contribution in [0.3, 0.4) is 0 Å². The third-order valence-corrected chi connectivity index (χ3v) is 3.43. The highest BCUT2D eigenvalue weighted by Gasteiger charge is 2.15. The molecule has 0 aliphatic rings. The van der Waals surface area contributed by atoms with E-state index >= 15 is 0 Å². The molecule has 0 aliphatic carbocycles. The first-order valence-corrected chi connectivity index (χ1v) is 6.33. The molecule has 0 saturated heterocycles. The summed E-state index contributed by atoms with van der Waals surface area (Å²) in [5.41, 5.74) is 0.494. The predicted octanol–water partition coefficient (Wildman–Crippen LogP) is 4.14. The van der Waals surface area contributed by atoms with E-state index in [1.165, 1.54) is 18.2 Å². The van der Waals surface area contributed by atoms with Crippen molar-refractivity contribution in [1.82, 2.24) is 0 Å². The number of aliphatic hydroxyl groups is 1. The molecule has 2 rings (SSSR count). The molecule has 1 N–H and O–H groups in total. The lowest BCUT2D eigenvalue weighted by Crippen LogP contribution is -2.05. The second-order valence-corrected chi connectivity index (χ2v) is 4.98. The fourth-order valence-corrected chi connectivity index (χ4v) is 2.40. The average molecular weight is 331 g/mol. The van der Waals surface area contributed by atoms with Crippen LogP contribution in [-0.2, 0) is 6.42 Å². The van der Waals surface area contributed by atoms with E-state index in [9.17, 15) is 18.3 Å². The summed E-state index contributed by atoms with van der Waals surface area (Å²) >= 11 is 3.13. The summed E-state index contributed by atoms with van der Waals surface area (Å²) in [4.78, 5) is 0. The van der Waals surface area contributed by atoms with Crippen LogP contribution in [0, 0.1) is 17.5 Å². The third kappa shape index (κ3) is 3.36. The van der Waals surface area contributed by atoms with Gasteiger partial charge in [0, 0.05) is 10.9 Å². The highest BCUT2D eigenvalue weighted by Crippen LogP contribution is 2.27. The average Bonchev–Trinajstić information content (AvgIpc) is 2.33. The first-order chi connectivity index (χ1) is 8.97. The topological polar surface area (TPSA) is 20.2 Å². The van der Waals surface area contributed by atoms with Gasteiger partial charge in [0.2, 0.25) is 0 Å². The Morgan fingerprint density at radius 2 is 1.63 bits per heavy atom. The van der Waals surface area contributed by atoms with Gasteiger partial charge in [-0.15, -0.1) is 0 Å². The summed E-state index contributed by atoms with van der Waals surface area (Å²) < 4.78 is 39.8. The SMILES string of the molecule is OC(Cc1cc(F)ccc1F)c1ccc(F)cc1Br. The minimum Gasteiger partial charge on any atom is -0.388 e. The zero-order valence-corrected chi connectivity index (χ0v) is 11.3. The molecule has 5 heteroatoms. The zero-order chi connectivity index (χ0) is 14.0. The second-order valence-electron chi connectivity index (χ2n) is 4.12. The molecular formula is C14H10BrF3O. The standard InChI is InChI=1S/C14H10BrF3O/c15-12-7-10(17)1-3-11(12)14(19)6-8-5-9(16)2-4-13(8)18/h1-5,7,14,19H,6H2. The van der Waals surface area contributed by atoms with Crippen LogP contribution in [-0.4, -0.2) is 5.11 Å². The molecule has 19 heavy (non-hydrogen) atoms. The first kappa shape index (κ1) is 14.1. The molecule has 2 aromatic carbocycles. The Morgan fingerprint density at radius 3 is 2.32 bits per heavy atom. The molecular weight excluding hydrogens is 321 g/mol. The van der Waals surface area contributed by atoms with Gasteiger partial charge in [-0.05, 0) is 41.5 Å². The van der Waals surface area contributed by atoms with Crippen molar-refractivity contribution in [3.8, 4) is 0 Å². The van der Waals surface area contributed by atoms with E-state index < -0.39 is 23.6 Å². The molecule has 0 bridgehead atoms. The predicted molar refractivity (Wildman–Crippen MR) is 69.1 cm³/mol. The van der Waals surface area contributed by atoms with Gasteiger partial charge in [0.25, 0.3) is 0 Å². The van der Waals surface area contributed by atoms with Crippen LogP contribution in [0.1, 0.15) is 17.2 Å². The van der Waals surface area contributed by atoms with Crippen molar-refractivity contribution in [3.05, 3.63) is 69.4 Å². The molecule has 1 nitrogen and oxygen atoms in total. The van der Waals surface area contributed by atoms with Crippen molar-refractivity contribution in [2.45, 2.75) is 12.5 Å². The zero-order valence-electron chi connectivity index (χ0n) is 9.71. The Bertz CT molecular complexity index is 601. The highest BCUT2D eigenvalue weighted by atomic mass is 79.9. The Morgan fingerprint density at radius 1 is 1.00 bits per heavy atom. The van der Waals surface area contributed by atoms with Crippen molar-refractivity contribution < 1.29 is 18.3 Å². The lowest BCUT2D eigenvalue weighted by atomic mass is 10.0. The molecule has 2 aromatic rings. The lowest BCUT2D eigenvalue weighted by Gasteiger charge is -2.13. The van der Waals surface area contributed by atoms with Gasteiger partial charge in [-0.1, -0.05) is 22.0 Å². The highest BCUT2D eigenvalue weighted by molar-refractivity contribution is 9.10. The second kappa shape index (κ2) is 5.75. The van der Waals surface area contributed by atoms with Gasteiger partial charge in [0.1, 0.15) is 17.5 Å². The molecule has 0 saturated carbocycles. The number of rotatable bonds is 3. The summed E-state index contributed by atoms with van der Waals surface area (Å²) in [6.07, 6.45) is -1.14. The Balaban J connectivity index is 2.25. The van der Waals surface area contributed by atoms with Gasteiger partial charge in [0.15, 0.2) is 0 Å². The Kier molecular flexibility index (Phi) is 4.27. The minimum absolute atomic E-state index is 0.0729. The van der Waals surface area contributed by atoms with E-state index in [0.29, 0.717) is 10.0 Å². The maximum atomic E-state index is 13.5. The first-order valence-electron chi connectivity index (χ1n) is 5.54. The molecule has 0 aliphatic heterocycles. The maximum absolute atomic E-state index is 13.5. The van der Waals surface area contributed by atoms with Gasteiger partial charge in [-0.25, -0.2) is 13.2 Å². The number of aliphatic hydroxyl groups excluding tert-OH is 1. The van der Waals surface area contributed by atoms with E-state index in [-0.39, 0.29) is 12.0 Å². The molecule has 1 atom stereocenters. The van der Waals surface area contributed by atoms with Crippen molar-refractivity contribution in [2.24, 2.45) is 0 Å². The van der Waals surface area contributed by atoms with Gasteiger partial charge in [0.05, 0.1) is 6.10 Å². The van der Waals surface area contributed by atoms with Crippen molar-refractivity contribution >= 4 is 15.9 Å². The molecule has 0 amide bonds. The fraction of sp³-hybridized carbons (Fsp3) is 0.143. The largest absolute Gasteiger partial charge is 0.388 e. The van der Waals surface area contributed by atoms with Gasteiger partial charge in [-0.3, -0.25) is 0 Å². The quantitative estimate of drug-likeness (QED) is 0.896. The van der Waals surface area contributed by atoms with Gasteiger partial charge in [-0.2, -0.15) is 0 Å². The lowest BCUT2D eigenvalue weighted by molar-refractivity contribution is 0.176. The molecule has 0 radical (unpaired) electrons. The molecule has 0 heterocycles. The summed E-state index contributed by atoms with van der Waals surface area (Å²) in [6, 6.07) is 6.87.